The summed E-state index contributed by atoms with van der Waals surface area (Å²) in [7, 11) is 0. The summed E-state index contributed by atoms with van der Waals surface area (Å²) in [5, 5.41) is 12.0. The van der Waals surface area contributed by atoms with Gasteiger partial charge in [-0.25, -0.2) is 4.39 Å². The van der Waals surface area contributed by atoms with E-state index in [1.165, 1.54) is 26.0 Å². The van der Waals surface area contributed by atoms with Crippen LogP contribution in [0, 0.1) is 5.82 Å². The number of aliphatic hydroxyl groups excluding tert-OH is 1. The van der Waals surface area contributed by atoms with E-state index < -0.39 is 28.9 Å². The van der Waals surface area contributed by atoms with Crippen molar-refractivity contribution < 1.29 is 23.8 Å². The molecule has 0 saturated carbocycles. The predicted octanol–water partition coefficient (Wildman–Crippen LogP) is 2.16. The first kappa shape index (κ1) is 14.3. The highest BCUT2D eigenvalue weighted by molar-refractivity contribution is 6.30. The molecular formula is C13H11ClFNO4. The highest BCUT2D eigenvalue weighted by atomic mass is 35.5. The van der Waals surface area contributed by atoms with Crippen LogP contribution in [0.2, 0.25) is 5.02 Å². The number of carbonyl (C=O) groups excluding carboxylic acids is 2. The average Bonchev–Trinajstić information content (AvgIpc) is 2.54. The van der Waals surface area contributed by atoms with Crippen molar-refractivity contribution in [3.63, 3.8) is 0 Å². The minimum absolute atomic E-state index is 0.0844. The highest BCUT2D eigenvalue weighted by Crippen LogP contribution is 2.38. The third-order valence-electron chi connectivity index (χ3n) is 2.90. The first-order valence-corrected chi connectivity index (χ1v) is 6.03. The van der Waals surface area contributed by atoms with Crippen molar-refractivity contribution in [1.82, 2.24) is 5.32 Å². The van der Waals surface area contributed by atoms with Crippen LogP contribution in [-0.2, 0) is 19.9 Å². The fourth-order valence-corrected chi connectivity index (χ4v) is 2.08. The molecule has 1 aromatic carbocycles. The molecule has 1 amide bonds. The SMILES string of the molecule is CC(=O)NC1=C(O)C(=O)C(C)(c2ccc(Cl)cc2F)O1. The maximum Gasteiger partial charge on any atom is 0.250 e. The van der Waals surface area contributed by atoms with Gasteiger partial charge in [0.15, 0.2) is 0 Å². The molecule has 0 saturated heterocycles. The number of rotatable bonds is 2. The summed E-state index contributed by atoms with van der Waals surface area (Å²) in [5.41, 5.74) is -1.84. The Bertz CT molecular complexity index is 643. The van der Waals surface area contributed by atoms with Crippen LogP contribution in [0.4, 0.5) is 4.39 Å². The quantitative estimate of drug-likeness (QED) is 0.877. The van der Waals surface area contributed by atoms with Crippen molar-refractivity contribution in [1.29, 1.82) is 0 Å². The molecule has 0 radical (unpaired) electrons. The van der Waals surface area contributed by atoms with Crippen LogP contribution < -0.4 is 5.32 Å². The van der Waals surface area contributed by atoms with Crippen LogP contribution in [-0.4, -0.2) is 16.8 Å². The molecule has 2 N–H and O–H groups in total. The third-order valence-corrected chi connectivity index (χ3v) is 3.14. The van der Waals surface area contributed by atoms with Gasteiger partial charge in [-0.1, -0.05) is 17.7 Å². The average molecular weight is 300 g/mol. The van der Waals surface area contributed by atoms with Gasteiger partial charge in [-0.2, -0.15) is 0 Å². The zero-order chi connectivity index (χ0) is 15.1. The smallest absolute Gasteiger partial charge is 0.250 e. The van der Waals surface area contributed by atoms with Gasteiger partial charge in [-0.15, -0.1) is 0 Å². The predicted molar refractivity (Wildman–Crippen MR) is 68.3 cm³/mol. The highest BCUT2D eigenvalue weighted by Gasteiger charge is 2.49. The van der Waals surface area contributed by atoms with Gasteiger partial charge in [-0.05, 0) is 19.1 Å². The molecule has 0 bridgehead atoms. The lowest BCUT2D eigenvalue weighted by atomic mass is 9.91. The number of ether oxygens (including phenoxy) is 1. The van der Waals surface area contributed by atoms with Crippen molar-refractivity contribution >= 4 is 23.3 Å². The van der Waals surface area contributed by atoms with Crippen molar-refractivity contribution in [3.8, 4) is 0 Å². The molecule has 1 unspecified atom stereocenters. The van der Waals surface area contributed by atoms with Crippen LogP contribution in [0.15, 0.2) is 29.8 Å². The number of benzene rings is 1. The van der Waals surface area contributed by atoms with Gasteiger partial charge < -0.3 is 9.84 Å². The molecule has 1 heterocycles. The van der Waals surface area contributed by atoms with Gasteiger partial charge in [-0.3, -0.25) is 14.9 Å². The summed E-state index contributed by atoms with van der Waals surface area (Å²) < 4.78 is 19.2. The number of nitrogens with one attached hydrogen (secondary N) is 1. The van der Waals surface area contributed by atoms with Gasteiger partial charge in [0.1, 0.15) is 5.82 Å². The standard InChI is InChI=1S/C13H11ClFNO4/c1-6(17)16-12-10(18)11(19)13(2,20-12)8-4-3-7(14)5-9(8)15/h3-5,18H,1-2H3,(H,16,17). The van der Waals surface area contributed by atoms with Crippen LogP contribution in [0.3, 0.4) is 0 Å². The Balaban J connectivity index is 2.43. The zero-order valence-electron chi connectivity index (χ0n) is 10.7. The number of hydrogen-bond acceptors (Lipinski definition) is 4. The molecule has 1 atom stereocenters. The van der Waals surface area contributed by atoms with Crippen LogP contribution in [0.25, 0.3) is 0 Å². The lowest BCUT2D eigenvalue weighted by molar-refractivity contribution is -0.133. The van der Waals surface area contributed by atoms with E-state index in [-0.39, 0.29) is 16.5 Å². The van der Waals surface area contributed by atoms with Crippen molar-refractivity contribution in [2.75, 3.05) is 0 Å². The largest absolute Gasteiger partial charge is 0.501 e. The van der Waals surface area contributed by atoms with E-state index in [2.05, 4.69) is 5.32 Å². The normalized spacial score (nSPS) is 21.9. The van der Waals surface area contributed by atoms with Gasteiger partial charge in [0.05, 0.1) is 0 Å². The van der Waals surface area contributed by atoms with Crippen molar-refractivity contribution in [2.45, 2.75) is 19.4 Å². The minimum atomic E-state index is -1.75. The van der Waals surface area contributed by atoms with Crippen LogP contribution in [0.1, 0.15) is 19.4 Å². The van der Waals surface area contributed by atoms with E-state index in [0.29, 0.717) is 0 Å². The Kier molecular flexibility index (Phi) is 3.43. The number of ketones is 1. The number of halogens is 2. The van der Waals surface area contributed by atoms with E-state index in [4.69, 9.17) is 16.3 Å². The summed E-state index contributed by atoms with van der Waals surface area (Å²) in [5.74, 6) is -3.26. The molecule has 0 aromatic heterocycles. The second-order valence-electron chi connectivity index (χ2n) is 4.45. The van der Waals surface area contributed by atoms with Gasteiger partial charge in [0.25, 0.3) is 5.78 Å². The zero-order valence-corrected chi connectivity index (χ0v) is 11.4. The van der Waals surface area contributed by atoms with Crippen molar-refractivity contribution in [3.05, 3.63) is 46.2 Å². The Morgan fingerprint density at radius 1 is 1.50 bits per heavy atom. The Morgan fingerprint density at radius 2 is 2.15 bits per heavy atom. The van der Waals surface area contributed by atoms with Gasteiger partial charge in [0, 0.05) is 17.5 Å². The molecule has 7 heteroatoms. The number of carbonyl (C=O) groups is 2. The van der Waals surface area contributed by atoms with E-state index in [9.17, 15) is 19.1 Å². The van der Waals surface area contributed by atoms with E-state index in [1.54, 1.807) is 0 Å². The lowest BCUT2D eigenvalue weighted by Crippen LogP contribution is -2.33. The van der Waals surface area contributed by atoms with Crippen molar-refractivity contribution in [2.24, 2.45) is 0 Å². The number of amides is 1. The summed E-state index contributed by atoms with van der Waals surface area (Å²) in [6, 6.07) is 3.72. The molecule has 20 heavy (non-hydrogen) atoms. The summed E-state index contributed by atoms with van der Waals surface area (Å²) in [6.07, 6.45) is 0. The number of Topliss-reactive ketones (excluding diaryl/α,β-unsaturated/α-hetero) is 1. The summed E-state index contributed by atoms with van der Waals surface area (Å²) in [6.45, 7) is 2.49. The van der Waals surface area contributed by atoms with Crippen LogP contribution >= 0.6 is 11.6 Å². The molecule has 106 valence electrons. The second-order valence-corrected chi connectivity index (χ2v) is 4.88. The molecule has 0 fully saturated rings. The minimum Gasteiger partial charge on any atom is -0.501 e. The fourth-order valence-electron chi connectivity index (χ4n) is 1.93. The topological polar surface area (TPSA) is 75.6 Å². The lowest BCUT2D eigenvalue weighted by Gasteiger charge is -2.24. The monoisotopic (exact) mass is 299 g/mol. The Hall–Kier alpha value is -2.08. The Morgan fingerprint density at radius 3 is 2.70 bits per heavy atom. The number of hydrogen-bond donors (Lipinski definition) is 2. The maximum atomic E-state index is 13.9. The Labute approximate surface area is 119 Å². The molecule has 1 aliphatic heterocycles. The van der Waals surface area contributed by atoms with Gasteiger partial charge >= 0.3 is 0 Å². The second kappa shape index (κ2) is 4.79. The molecule has 5 nitrogen and oxygen atoms in total. The molecule has 0 spiro atoms. The maximum absolute atomic E-state index is 13.9. The third kappa shape index (κ3) is 2.22. The van der Waals surface area contributed by atoms with Crippen LogP contribution in [0.5, 0.6) is 0 Å². The molecule has 1 aliphatic rings. The summed E-state index contributed by atoms with van der Waals surface area (Å²) in [4.78, 5) is 23.0. The molecule has 2 rings (SSSR count). The first-order valence-electron chi connectivity index (χ1n) is 5.66. The van der Waals surface area contributed by atoms with E-state index >= 15 is 0 Å². The summed E-state index contributed by atoms with van der Waals surface area (Å²) >= 11 is 5.65. The molecular weight excluding hydrogens is 289 g/mol. The van der Waals surface area contributed by atoms with E-state index in [0.717, 1.165) is 6.07 Å². The van der Waals surface area contributed by atoms with E-state index in [1.807, 2.05) is 0 Å². The number of aliphatic hydroxyl groups is 1. The first-order chi connectivity index (χ1) is 9.25. The molecule has 1 aromatic rings. The van der Waals surface area contributed by atoms with Gasteiger partial charge in [0.2, 0.25) is 23.2 Å². The molecule has 0 aliphatic carbocycles. The fraction of sp³-hybridized carbons (Fsp3) is 0.231.